The van der Waals surface area contributed by atoms with Gasteiger partial charge in [-0.3, -0.25) is 9.59 Å². The highest BCUT2D eigenvalue weighted by molar-refractivity contribution is 6.00. The molecule has 0 radical (unpaired) electrons. The van der Waals surface area contributed by atoms with Gasteiger partial charge < -0.3 is 20.3 Å². The summed E-state index contributed by atoms with van der Waals surface area (Å²) in [5, 5.41) is 8.08. The van der Waals surface area contributed by atoms with E-state index in [4.69, 9.17) is 4.74 Å². The summed E-state index contributed by atoms with van der Waals surface area (Å²) >= 11 is 0. The topological polar surface area (TPSA) is 87.7 Å². The van der Waals surface area contributed by atoms with Gasteiger partial charge in [-0.05, 0) is 73.6 Å². The van der Waals surface area contributed by atoms with Gasteiger partial charge in [0.1, 0.15) is 17.7 Å². The molecule has 3 aromatic carbocycles. The average Bonchev–Trinajstić information content (AvgIpc) is 3.01. The highest BCUT2D eigenvalue weighted by atomic mass is 16.6. The van der Waals surface area contributed by atoms with Gasteiger partial charge in [-0.2, -0.15) is 0 Å². The van der Waals surface area contributed by atoms with Crippen LogP contribution >= 0.6 is 0 Å². The molecule has 3 rings (SSSR count). The van der Waals surface area contributed by atoms with Crippen molar-refractivity contribution in [3.8, 4) is 0 Å². The summed E-state index contributed by atoms with van der Waals surface area (Å²) in [7, 11) is 0. The molecule has 45 heavy (non-hydrogen) atoms. The van der Waals surface area contributed by atoms with E-state index < -0.39 is 23.8 Å². The summed E-state index contributed by atoms with van der Waals surface area (Å²) < 4.78 is 5.55. The van der Waals surface area contributed by atoms with Crippen molar-refractivity contribution in [1.82, 2.24) is 10.2 Å². The number of nitrogens with zero attached hydrogens (tertiary/aromatic N) is 1. The SMILES string of the molecule is CCCCCCCN(C(=O)C(NC(=O)OC(C)(C)C)C(C)CC)C(C(=O)Nc1ccc2ccccc2c1)c1ccc(CC)cc1. The number of hydrogen-bond acceptors (Lipinski definition) is 4. The first-order valence-electron chi connectivity index (χ1n) is 16.7. The monoisotopic (exact) mass is 615 g/mol. The molecular weight excluding hydrogens is 562 g/mol. The van der Waals surface area contributed by atoms with Gasteiger partial charge in [0.05, 0.1) is 0 Å². The first kappa shape index (κ1) is 35.6. The second-order valence-corrected chi connectivity index (χ2v) is 13.0. The quantitative estimate of drug-likeness (QED) is 0.167. The minimum absolute atomic E-state index is 0.181. The van der Waals surface area contributed by atoms with Crippen molar-refractivity contribution in [2.24, 2.45) is 5.92 Å². The number of carbonyl (C=O) groups is 3. The van der Waals surface area contributed by atoms with Crippen molar-refractivity contribution in [2.45, 2.75) is 111 Å². The lowest BCUT2D eigenvalue weighted by Gasteiger charge is -2.36. The number of anilines is 1. The Morgan fingerprint density at radius 1 is 0.844 bits per heavy atom. The van der Waals surface area contributed by atoms with E-state index in [1.807, 2.05) is 80.6 Å². The molecule has 0 aliphatic rings. The van der Waals surface area contributed by atoms with E-state index >= 15 is 0 Å². The normalized spacial score (nSPS) is 13.5. The second kappa shape index (κ2) is 17.0. The number of unbranched alkanes of at least 4 members (excludes halogenated alkanes) is 4. The van der Waals surface area contributed by atoms with Crippen LogP contribution in [0.5, 0.6) is 0 Å². The lowest BCUT2D eigenvalue weighted by Crippen LogP contribution is -2.55. The fourth-order valence-electron chi connectivity index (χ4n) is 5.43. The highest BCUT2D eigenvalue weighted by Gasteiger charge is 2.38. The van der Waals surface area contributed by atoms with Crippen LogP contribution in [0, 0.1) is 5.92 Å². The van der Waals surface area contributed by atoms with E-state index in [-0.39, 0.29) is 17.7 Å². The Kier molecular flexibility index (Phi) is 13.4. The highest BCUT2D eigenvalue weighted by Crippen LogP contribution is 2.28. The van der Waals surface area contributed by atoms with E-state index in [1.165, 1.54) is 0 Å². The van der Waals surface area contributed by atoms with Gasteiger partial charge in [-0.25, -0.2) is 4.79 Å². The zero-order valence-electron chi connectivity index (χ0n) is 28.3. The molecular formula is C38H53N3O4. The van der Waals surface area contributed by atoms with Crippen molar-refractivity contribution < 1.29 is 19.1 Å². The molecule has 0 spiro atoms. The summed E-state index contributed by atoms with van der Waals surface area (Å²) in [4.78, 5) is 43.6. The third kappa shape index (κ3) is 10.6. The molecule has 0 saturated carbocycles. The molecule has 0 bridgehead atoms. The van der Waals surface area contributed by atoms with Gasteiger partial charge >= 0.3 is 6.09 Å². The maximum Gasteiger partial charge on any atom is 0.408 e. The maximum absolute atomic E-state index is 14.6. The fourth-order valence-corrected chi connectivity index (χ4v) is 5.43. The number of nitrogens with one attached hydrogen (secondary N) is 2. The van der Waals surface area contributed by atoms with Crippen molar-refractivity contribution in [3.05, 3.63) is 77.9 Å². The van der Waals surface area contributed by atoms with Crippen LogP contribution in [-0.2, 0) is 20.7 Å². The van der Waals surface area contributed by atoms with Crippen LogP contribution in [0.3, 0.4) is 0 Å². The summed E-state index contributed by atoms with van der Waals surface area (Å²) in [5.41, 5.74) is 1.83. The number of hydrogen-bond donors (Lipinski definition) is 2. The van der Waals surface area contributed by atoms with E-state index in [0.717, 1.165) is 60.4 Å². The Balaban J connectivity index is 2.05. The molecule has 3 amide bonds. The van der Waals surface area contributed by atoms with Gasteiger partial charge in [-0.15, -0.1) is 0 Å². The van der Waals surface area contributed by atoms with Crippen molar-refractivity contribution in [2.75, 3.05) is 11.9 Å². The van der Waals surface area contributed by atoms with Crippen LogP contribution < -0.4 is 10.6 Å². The first-order chi connectivity index (χ1) is 21.5. The average molecular weight is 616 g/mol. The Labute approximate surface area is 270 Å². The number of carbonyl (C=O) groups excluding carboxylic acids is 3. The zero-order valence-corrected chi connectivity index (χ0v) is 28.3. The Morgan fingerprint density at radius 3 is 2.13 bits per heavy atom. The van der Waals surface area contributed by atoms with Gasteiger partial charge in [0.2, 0.25) is 5.91 Å². The molecule has 7 heteroatoms. The number of aryl methyl sites for hydroxylation is 1. The van der Waals surface area contributed by atoms with Crippen LogP contribution in [0.4, 0.5) is 10.5 Å². The molecule has 3 atom stereocenters. The molecule has 0 fully saturated rings. The molecule has 0 aliphatic heterocycles. The minimum Gasteiger partial charge on any atom is -0.444 e. The van der Waals surface area contributed by atoms with E-state index in [9.17, 15) is 14.4 Å². The number of ether oxygens (including phenoxy) is 1. The molecule has 2 N–H and O–H groups in total. The maximum atomic E-state index is 14.6. The lowest BCUT2D eigenvalue weighted by atomic mass is 9.95. The van der Waals surface area contributed by atoms with E-state index in [2.05, 4.69) is 24.5 Å². The third-order valence-electron chi connectivity index (χ3n) is 8.22. The Hall–Kier alpha value is -3.87. The fraction of sp³-hybridized carbons (Fsp3) is 0.500. The van der Waals surface area contributed by atoms with Crippen LogP contribution in [0.1, 0.15) is 104 Å². The number of alkyl carbamates (subject to hydrolysis) is 1. The van der Waals surface area contributed by atoms with Gasteiger partial charge in [-0.1, -0.05) is 114 Å². The Morgan fingerprint density at radius 2 is 1.51 bits per heavy atom. The van der Waals surface area contributed by atoms with Crippen molar-refractivity contribution in [3.63, 3.8) is 0 Å². The molecule has 0 heterocycles. The Bertz CT molecular complexity index is 1400. The molecule has 0 saturated heterocycles. The minimum atomic E-state index is -0.895. The van der Waals surface area contributed by atoms with E-state index in [1.54, 1.807) is 25.7 Å². The number of fused-ring (bicyclic) bond motifs is 1. The number of amides is 3. The van der Waals surface area contributed by atoms with Crippen molar-refractivity contribution >= 4 is 34.4 Å². The molecule has 7 nitrogen and oxygen atoms in total. The van der Waals surface area contributed by atoms with Crippen LogP contribution in [0.15, 0.2) is 66.7 Å². The zero-order chi connectivity index (χ0) is 33.0. The predicted molar refractivity (Wildman–Crippen MR) is 184 cm³/mol. The predicted octanol–water partition coefficient (Wildman–Crippen LogP) is 8.82. The van der Waals surface area contributed by atoms with Crippen LogP contribution in [-0.4, -0.2) is 41.0 Å². The lowest BCUT2D eigenvalue weighted by molar-refractivity contribution is -0.142. The van der Waals surface area contributed by atoms with Crippen LogP contribution in [0.2, 0.25) is 0 Å². The van der Waals surface area contributed by atoms with E-state index in [0.29, 0.717) is 18.7 Å². The summed E-state index contributed by atoms with van der Waals surface area (Å²) in [5.74, 6) is -0.764. The third-order valence-corrected chi connectivity index (χ3v) is 8.22. The smallest absolute Gasteiger partial charge is 0.408 e. The van der Waals surface area contributed by atoms with Gasteiger partial charge in [0, 0.05) is 12.2 Å². The summed E-state index contributed by atoms with van der Waals surface area (Å²) in [6, 6.07) is 20.0. The van der Waals surface area contributed by atoms with Gasteiger partial charge in [0.15, 0.2) is 0 Å². The largest absolute Gasteiger partial charge is 0.444 e. The summed E-state index contributed by atoms with van der Waals surface area (Å²) in [6.07, 6.45) is 5.86. The number of rotatable bonds is 15. The van der Waals surface area contributed by atoms with Gasteiger partial charge in [0.25, 0.3) is 5.91 Å². The molecule has 0 aromatic heterocycles. The molecule has 0 aliphatic carbocycles. The number of benzene rings is 3. The molecule has 3 unspecified atom stereocenters. The summed E-state index contributed by atoms with van der Waals surface area (Å²) in [6.45, 7) is 14.0. The first-order valence-corrected chi connectivity index (χ1v) is 16.7. The van der Waals surface area contributed by atoms with Crippen LogP contribution in [0.25, 0.3) is 10.8 Å². The van der Waals surface area contributed by atoms with Crippen molar-refractivity contribution in [1.29, 1.82) is 0 Å². The standard InChI is InChI=1S/C38H53N3O4/c1-8-11-12-13-16-25-41(36(43)33(27(4)9-2)40-37(44)45-38(5,6)7)34(30-21-19-28(10-3)20-22-30)35(42)39-32-24-23-29-17-14-15-18-31(29)26-32/h14-15,17-24,26-27,33-34H,8-13,16,25H2,1-7H3,(H,39,42)(H,40,44). The second-order valence-electron chi connectivity index (χ2n) is 13.0. The molecule has 3 aromatic rings. The molecule has 244 valence electrons.